The summed E-state index contributed by atoms with van der Waals surface area (Å²) in [5.74, 6) is -0.110. The van der Waals surface area contributed by atoms with Crippen LogP contribution >= 0.6 is 11.3 Å². The summed E-state index contributed by atoms with van der Waals surface area (Å²) in [6.07, 6.45) is 2.29. The fourth-order valence-corrected chi connectivity index (χ4v) is 5.63. The van der Waals surface area contributed by atoms with Crippen molar-refractivity contribution < 1.29 is 9.18 Å². The van der Waals surface area contributed by atoms with E-state index in [1.165, 1.54) is 11.6 Å². The average Bonchev–Trinajstić information content (AvgIpc) is 3.37. The van der Waals surface area contributed by atoms with Gasteiger partial charge in [-0.3, -0.25) is 9.69 Å². The number of likely N-dealkylation sites (tertiary alicyclic amines) is 1. The topological polar surface area (TPSA) is 23.6 Å². The van der Waals surface area contributed by atoms with E-state index in [9.17, 15) is 9.18 Å². The van der Waals surface area contributed by atoms with Crippen molar-refractivity contribution in [3.63, 3.8) is 0 Å². The molecule has 30 heavy (non-hydrogen) atoms. The molecule has 154 valence electrons. The van der Waals surface area contributed by atoms with Crippen LogP contribution in [0, 0.1) is 5.82 Å². The first kappa shape index (κ1) is 19.5. The van der Waals surface area contributed by atoms with Crippen LogP contribution in [0.3, 0.4) is 0 Å². The highest BCUT2D eigenvalue weighted by atomic mass is 32.1. The lowest BCUT2D eigenvalue weighted by Crippen LogP contribution is -2.46. The number of hydrogen-bond donors (Lipinski definition) is 0. The van der Waals surface area contributed by atoms with E-state index in [4.69, 9.17) is 0 Å². The molecule has 2 aromatic carbocycles. The molecule has 5 rings (SSSR count). The molecule has 1 spiro atoms. The predicted molar refractivity (Wildman–Crippen MR) is 119 cm³/mol. The highest BCUT2D eigenvalue weighted by molar-refractivity contribution is 7.10. The molecule has 1 fully saturated rings. The molecular weight excluding hydrogens is 395 g/mol. The van der Waals surface area contributed by atoms with Crippen molar-refractivity contribution in [2.24, 2.45) is 0 Å². The van der Waals surface area contributed by atoms with Crippen molar-refractivity contribution in [3.05, 3.63) is 87.9 Å². The number of anilines is 1. The third-order valence-electron chi connectivity index (χ3n) is 6.55. The second kappa shape index (κ2) is 7.97. The highest BCUT2D eigenvalue weighted by Crippen LogP contribution is 2.47. The maximum absolute atomic E-state index is 14.2. The zero-order chi connectivity index (χ0) is 20.6. The van der Waals surface area contributed by atoms with E-state index in [0.29, 0.717) is 13.0 Å². The number of halogens is 1. The number of amides is 1. The van der Waals surface area contributed by atoms with Crippen LogP contribution < -0.4 is 4.90 Å². The minimum Gasteiger partial charge on any atom is -0.311 e. The Morgan fingerprint density at radius 1 is 1.03 bits per heavy atom. The van der Waals surface area contributed by atoms with Gasteiger partial charge in [0.1, 0.15) is 5.82 Å². The minimum absolute atomic E-state index is 0.105. The van der Waals surface area contributed by atoms with Crippen molar-refractivity contribution >= 4 is 22.9 Å². The molecule has 0 aliphatic carbocycles. The largest absolute Gasteiger partial charge is 0.311 e. The SMILES string of the molecule is O=C(Cc1cccs1)N1CC2(CCN(Cc3ccccc3)CC2)c2cc(F)ccc21. The van der Waals surface area contributed by atoms with Gasteiger partial charge in [0, 0.05) is 29.1 Å². The number of rotatable bonds is 4. The summed E-state index contributed by atoms with van der Waals surface area (Å²) in [4.78, 5) is 18.6. The maximum atomic E-state index is 14.2. The van der Waals surface area contributed by atoms with Crippen LogP contribution in [0.5, 0.6) is 0 Å². The fraction of sp³-hybridized carbons (Fsp3) is 0.320. The van der Waals surface area contributed by atoms with Crippen molar-refractivity contribution in [1.29, 1.82) is 0 Å². The second-order valence-electron chi connectivity index (χ2n) is 8.44. The normalized spacial score (nSPS) is 18.0. The summed E-state index contributed by atoms with van der Waals surface area (Å²) >= 11 is 1.61. The van der Waals surface area contributed by atoms with Crippen LogP contribution in [0.15, 0.2) is 66.0 Å². The molecule has 0 saturated carbocycles. The smallest absolute Gasteiger partial charge is 0.232 e. The van der Waals surface area contributed by atoms with E-state index in [1.807, 2.05) is 28.5 Å². The van der Waals surface area contributed by atoms with Gasteiger partial charge in [-0.25, -0.2) is 4.39 Å². The van der Waals surface area contributed by atoms with Gasteiger partial charge >= 0.3 is 0 Å². The zero-order valence-electron chi connectivity index (χ0n) is 16.9. The first-order valence-electron chi connectivity index (χ1n) is 10.5. The lowest BCUT2D eigenvalue weighted by molar-refractivity contribution is -0.118. The molecule has 0 atom stereocenters. The Kier molecular flexibility index (Phi) is 5.17. The van der Waals surface area contributed by atoms with E-state index in [0.717, 1.165) is 48.6 Å². The molecule has 0 N–H and O–H groups in total. The van der Waals surface area contributed by atoms with E-state index >= 15 is 0 Å². The summed E-state index contributed by atoms with van der Waals surface area (Å²) in [5, 5.41) is 2.00. The van der Waals surface area contributed by atoms with E-state index in [1.54, 1.807) is 23.5 Å². The summed E-state index contributed by atoms with van der Waals surface area (Å²) in [5.41, 5.74) is 3.09. The van der Waals surface area contributed by atoms with Gasteiger partial charge in [0.25, 0.3) is 0 Å². The van der Waals surface area contributed by atoms with E-state index < -0.39 is 0 Å². The van der Waals surface area contributed by atoms with Crippen LogP contribution in [-0.2, 0) is 23.2 Å². The molecule has 1 aromatic heterocycles. The Bertz CT molecular complexity index is 1030. The van der Waals surface area contributed by atoms with Crippen LogP contribution in [0.2, 0.25) is 0 Å². The van der Waals surface area contributed by atoms with E-state index in [-0.39, 0.29) is 17.1 Å². The molecule has 3 nitrogen and oxygen atoms in total. The molecular formula is C25H25FN2OS. The van der Waals surface area contributed by atoms with E-state index in [2.05, 4.69) is 29.2 Å². The van der Waals surface area contributed by atoms with Gasteiger partial charge in [0.2, 0.25) is 5.91 Å². The summed E-state index contributed by atoms with van der Waals surface area (Å²) in [7, 11) is 0. The summed E-state index contributed by atoms with van der Waals surface area (Å²) in [6, 6.07) is 19.4. The number of fused-ring (bicyclic) bond motifs is 2. The number of nitrogens with zero attached hydrogens (tertiary/aromatic N) is 2. The lowest BCUT2D eigenvalue weighted by Gasteiger charge is -2.40. The van der Waals surface area contributed by atoms with Crippen molar-refractivity contribution in [2.45, 2.75) is 31.2 Å². The Labute approximate surface area is 180 Å². The third-order valence-corrected chi connectivity index (χ3v) is 7.43. The molecule has 0 radical (unpaired) electrons. The van der Waals surface area contributed by atoms with Gasteiger partial charge in [-0.15, -0.1) is 11.3 Å². The quantitative estimate of drug-likeness (QED) is 0.592. The van der Waals surface area contributed by atoms with Gasteiger partial charge in [0.15, 0.2) is 0 Å². The molecule has 3 heterocycles. The Balaban J connectivity index is 1.36. The second-order valence-corrected chi connectivity index (χ2v) is 9.47. The van der Waals surface area contributed by atoms with Crippen molar-refractivity contribution in [1.82, 2.24) is 4.90 Å². The van der Waals surface area contributed by atoms with Crippen LogP contribution in [0.4, 0.5) is 10.1 Å². The number of hydrogen-bond acceptors (Lipinski definition) is 3. The summed E-state index contributed by atoms with van der Waals surface area (Å²) in [6.45, 7) is 3.51. The molecule has 5 heteroatoms. The first-order valence-corrected chi connectivity index (χ1v) is 11.4. The molecule has 2 aliphatic heterocycles. The molecule has 2 aliphatic rings. The Morgan fingerprint density at radius 3 is 2.57 bits per heavy atom. The van der Waals surface area contributed by atoms with Crippen LogP contribution in [0.1, 0.15) is 28.8 Å². The summed E-state index contributed by atoms with van der Waals surface area (Å²) < 4.78 is 14.2. The van der Waals surface area contributed by atoms with Gasteiger partial charge in [-0.2, -0.15) is 0 Å². The lowest BCUT2D eigenvalue weighted by atomic mass is 9.74. The van der Waals surface area contributed by atoms with Crippen molar-refractivity contribution in [3.8, 4) is 0 Å². The standard InChI is InChI=1S/C25H25FN2OS/c26-20-8-9-23-22(15-20)25(18-28(23)24(29)16-21-7-4-14-30-21)10-12-27(13-11-25)17-19-5-2-1-3-6-19/h1-9,14-15H,10-13,16-18H2. The van der Waals surface area contributed by atoms with Gasteiger partial charge in [-0.05, 0) is 66.7 Å². The van der Waals surface area contributed by atoms with Gasteiger partial charge < -0.3 is 4.90 Å². The number of piperidine rings is 1. The van der Waals surface area contributed by atoms with Crippen molar-refractivity contribution in [2.75, 3.05) is 24.5 Å². The Morgan fingerprint density at radius 2 is 1.83 bits per heavy atom. The number of carbonyl (C=O) groups is 1. The molecule has 1 amide bonds. The fourth-order valence-electron chi connectivity index (χ4n) is 4.93. The monoisotopic (exact) mass is 420 g/mol. The highest BCUT2D eigenvalue weighted by Gasteiger charge is 2.46. The molecule has 0 bridgehead atoms. The molecule has 1 saturated heterocycles. The zero-order valence-corrected chi connectivity index (χ0v) is 17.7. The van der Waals surface area contributed by atoms with Gasteiger partial charge in [0.05, 0.1) is 6.42 Å². The maximum Gasteiger partial charge on any atom is 0.232 e. The number of benzene rings is 2. The first-order chi connectivity index (χ1) is 14.6. The third kappa shape index (κ3) is 3.68. The number of carbonyl (C=O) groups excluding carboxylic acids is 1. The average molecular weight is 421 g/mol. The van der Waals surface area contributed by atoms with Crippen LogP contribution in [-0.4, -0.2) is 30.4 Å². The Hall–Kier alpha value is -2.50. The number of thiophene rings is 1. The predicted octanol–water partition coefficient (Wildman–Crippen LogP) is 5.01. The van der Waals surface area contributed by atoms with Crippen LogP contribution in [0.25, 0.3) is 0 Å². The molecule has 3 aromatic rings. The molecule has 0 unspecified atom stereocenters. The minimum atomic E-state index is -0.215. The van der Waals surface area contributed by atoms with Gasteiger partial charge in [-0.1, -0.05) is 36.4 Å².